The van der Waals surface area contributed by atoms with E-state index in [-0.39, 0.29) is 0 Å². The minimum atomic E-state index is 0.307. The minimum Gasteiger partial charge on any atom is -0.489 e. The fourth-order valence-electron chi connectivity index (χ4n) is 2.45. The summed E-state index contributed by atoms with van der Waals surface area (Å²) in [5, 5.41) is 4.12. The van der Waals surface area contributed by atoms with E-state index in [2.05, 4.69) is 20.0 Å². The van der Waals surface area contributed by atoms with Gasteiger partial charge in [-0.25, -0.2) is 4.98 Å². The van der Waals surface area contributed by atoms with E-state index in [4.69, 9.17) is 4.74 Å². The lowest BCUT2D eigenvalue weighted by molar-refractivity contribution is 0.0977. The minimum absolute atomic E-state index is 0.307. The van der Waals surface area contributed by atoms with Crippen molar-refractivity contribution < 1.29 is 4.74 Å². The van der Waals surface area contributed by atoms with Crippen molar-refractivity contribution in [2.45, 2.75) is 25.5 Å². The summed E-state index contributed by atoms with van der Waals surface area (Å²) in [6.45, 7) is 4.05. The first-order valence-corrected chi connectivity index (χ1v) is 7.01. The molecule has 2 aromatic rings. The molecule has 6 heteroatoms. The van der Waals surface area contributed by atoms with E-state index < -0.39 is 0 Å². The van der Waals surface area contributed by atoms with Crippen molar-refractivity contribution >= 4 is 0 Å². The number of likely N-dealkylation sites (tertiary alicyclic amines) is 1. The summed E-state index contributed by atoms with van der Waals surface area (Å²) >= 11 is 0. The molecule has 0 radical (unpaired) electrons. The van der Waals surface area contributed by atoms with E-state index in [0.717, 1.165) is 44.8 Å². The highest BCUT2D eigenvalue weighted by atomic mass is 16.5. The predicted molar refractivity (Wildman–Crippen MR) is 74.3 cm³/mol. The van der Waals surface area contributed by atoms with Gasteiger partial charge in [-0.3, -0.25) is 9.67 Å². The van der Waals surface area contributed by atoms with E-state index in [1.165, 1.54) is 0 Å². The molecule has 0 aromatic carbocycles. The number of piperidine rings is 1. The van der Waals surface area contributed by atoms with Crippen molar-refractivity contribution in [1.29, 1.82) is 0 Å². The zero-order valence-electron chi connectivity index (χ0n) is 11.4. The van der Waals surface area contributed by atoms with Gasteiger partial charge in [0.1, 0.15) is 24.5 Å². The van der Waals surface area contributed by atoms with E-state index in [1.54, 1.807) is 25.0 Å². The highest BCUT2D eigenvalue weighted by Crippen LogP contribution is 2.17. The highest BCUT2D eigenvalue weighted by molar-refractivity contribution is 5.15. The smallest absolute Gasteiger partial charge is 0.137 e. The zero-order chi connectivity index (χ0) is 13.6. The molecule has 1 saturated heterocycles. The summed E-state index contributed by atoms with van der Waals surface area (Å²) in [7, 11) is 0. The molecule has 2 aromatic heterocycles. The number of aromatic nitrogens is 4. The molecule has 0 saturated carbocycles. The van der Waals surface area contributed by atoms with Gasteiger partial charge in [0.15, 0.2) is 0 Å². The van der Waals surface area contributed by atoms with Crippen molar-refractivity contribution in [3.05, 3.63) is 37.2 Å². The number of hydrogen-bond acceptors (Lipinski definition) is 5. The Bertz CT molecular complexity index is 494. The number of hydrogen-bond donors (Lipinski definition) is 0. The van der Waals surface area contributed by atoms with Gasteiger partial charge in [0.05, 0.1) is 12.7 Å². The van der Waals surface area contributed by atoms with Crippen molar-refractivity contribution in [2.75, 3.05) is 19.6 Å². The fourth-order valence-corrected chi connectivity index (χ4v) is 2.45. The highest BCUT2D eigenvalue weighted by Gasteiger charge is 2.20. The van der Waals surface area contributed by atoms with Gasteiger partial charge >= 0.3 is 0 Å². The van der Waals surface area contributed by atoms with Crippen LogP contribution >= 0.6 is 0 Å². The molecule has 1 aliphatic rings. The van der Waals surface area contributed by atoms with Crippen LogP contribution < -0.4 is 4.74 Å². The Kier molecular flexibility index (Phi) is 4.22. The van der Waals surface area contributed by atoms with Crippen molar-refractivity contribution in [1.82, 2.24) is 24.6 Å². The lowest BCUT2D eigenvalue weighted by Gasteiger charge is -2.31. The Hall–Kier alpha value is -1.95. The average molecular weight is 273 g/mol. The van der Waals surface area contributed by atoms with E-state index in [9.17, 15) is 0 Å². The van der Waals surface area contributed by atoms with Crippen LogP contribution in [0.1, 0.15) is 12.8 Å². The first kappa shape index (κ1) is 13.1. The van der Waals surface area contributed by atoms with Gasteiger partial charge in [0.25, 0.3) is 0 Å². The molecule has 1 aliphatic heterocycles. The first-order chi connectivity index (χ1) is 9.90. The third-order valence-electron chi connectivity index (χ3n) is 3.58. The lowest BCUT2D eigenvalue weighted by Crippen LogP contribution is -2.39. The molecule has 20 heavy (non-hydrogen) atoms. The van der Waals surface area contributed by atoms with E-state index in [1.807, 2.05) is 16.8 Å². The SMILES string of the molecule is c1cncc(OC2CCN(CCn3cncn3)CC2)c1. The zero-order valence-corrected chi connectivity index (χ0v) is 11.4. The monoisotopic (exact) mass is 273 g/mol. The summed E-state index contributed by atoms with van der Waals surface area (Å²) in [5.41, 5.74) is 0. The normalized spacial score (nSPS) is 17.2. The standard InChI is InChI=1S/C14H19N5O/c1-2-14(10-15-5-1)20-13-3-6-18(7-4-13)8-9-19-12-16-11-17-19/h1-2,5,10-13H,3-4,6-9H2. The van der Waals surface area contributed by atoms with Gasteiger partial charge in [-0.2, -0.15) is 5.10 Å². The largest absolute Gasteiger partial charge is 0.489 e. The second-order valence-corrected chi connectivity index (χ2v) is 5.01. The maximum Gasteiger partial charge on any atom is 0.137 e. The molecule has 0 amide bonds. The van der Waals surface area contributed by atoms with E-state index in [0.29, 0.717) is 6.10 Å². The molecule has 0 atom stereocenters. The maximum absolute atomic E-state index is 5.94. The predicted octanol–water partition coefficient (Wildman–Crippen LogP) is 1.22. The van der Waals surface area contributed by atoms with E-state index >= 15 is 0 Å². The summed E-state index contributed by atoms with van der Waals surface area (Å²) in [5.74, 6) is 0.869. The summed E-state index contributed by atoms with van der Waals surface area (Å²) in [4.78, 5) is 10.5. The average Bonchev–Trinajstić information content (AvgIpc) is 3.01. The molecule has 106 valence electrons. The molecule has 0 spiro atoms. The second-order valence-electron chi connectivity index (χ2n) is 5.01. The third-order valence-corrected chi connectivity index (χ3v) is 3.58. The Morgan fingerprint density at radius 1 is 1.20 bits per heavy atom. The van der Waals surface area contributed by atoms with Crippen LogP contribution in [0.15, 0.2) is 37.2 Å². The molecule has 0 unspecified atom stereocenters. The number of ether oxygens (including phenoxy) is 1. The quantitative estimate of drug-likeness (QED) is 0.819. The van der Waals surface area contributed by atoms with Crippen LogP contribution in [0.4, 0.5) is 0 Å². The Balaban J connectivity index is 1.40. The molecular formula is C14H19N5O. The number of pyridine rings is 1. The maximum atomic E-state index is 5.94. The van der Waals surface area contributed by atoms with Gasteiger partial charge < -0.3 is 9.64 Å². The van der Waals surface area contributed by atoms with Crippen LogP contribution in [0, 0.1) is 0 Å². The number of nitrogens with zero attached hydrogens (tertiary/aromatic N) is 5. The molecule has 3 heterocycles. The lowest BCUT2D eigenvalue weighted by atomic mass is 10.1. The van der Waals surface area contributed by atoms with Crippen molar-refractivity contribution in [3.8, 4) is 5.75 Å². The van der Waals surface area contributed by atoms with Crippen LogP contribution in [-0.2, 0) is 6.54 Å². The first-order valence-electron chi connectivity index (χ1n) is 7.01. The molecule has 0 bridgehead atoms. The van der Waals surface area contributed by atoms with Crippen molar-refractivity contribution in [2.24, 2.45) is 0 Å². The van der Waals surface area contributed by atoms with Crippen LogP contribution in [-0.4, -0.2) is 50.4 Å². The topological polar surface area (TPSA) is 56.1 Å². The third kappa shape index (κ3) is 3.54. The van der Waals surface area contributed by atoms with Crippen molar-refractivity contribution in [3.63, 3.8) is 0 Å². The summed E-state index contributed by atoms with van der Waals surface area (Å²) in [6.07, 6.45) is 9.31. The Morgan fingerprint density at radius 2 is 2.10 bits per heavy atom. The van der Waals surface area contributed by atoms with Gasteiger partial charge in [0.2, 0.25) is 0 Å². The second kappa shape index (κ2) is 6.47. The van der Waals surface area contributed by atoms with Gasteiger partial charge in [0, 0.05) is 25.8 Å². The molecule has 6 nitrogen and oxygen atoms in total. The van der Waals surface area contributed by atoms with Gasteiger partial charge in [-0.1, -0.05) is 0 Å². The molecule has 1 fully saturated rings. The van der Waals surface area contributed by atoms with Crippen LogP contribution in [0.3, 0.4) is 0 Å². The molecule has 3 rings (SSSR count). The van der Waals surface area contributed by atoms with Gasteiger partial charge in [-0.15, -0.1) is 0 Å². The number of rotatable bonds is 5. The van der Waals surface area contributed by atoms with Crippen LogP contribution in [0.5, 0.6) is 5.75 Å². The summed E-state index contributed by atoms with van der Waals surface area (Å²) < 4.78 is 7.81. The van der Waals surface area contributed by atoms with Gasteiger partial charge in [-0.05, 0) is 25.0 Å². The van der Waals surface area contributed by atoms with Crippen LogP contribution in [0.2, 0.25) is 0 Å². The molecular weight excluding hydrogens is 254 g/mol. The molecule has 0 N–H and O–H groups in total. The molecule has 0 aliphatic carbocycles. The Morgan fingerprint density at radius 3 is 2.80 bits per heavy atom. The fraction of sp³-hybridized carbons (Fsp3) is 0.500. The summed E-state index contributed by atoms with van der Waals surface area (Å²) in [6, 6.07) is 3.87. The van der Waals surface area contributed by atoms with Crippen LogP contribution in [0.25, 0.3) is 0 Å². The Labute approximate surface area is 118 Å².